The van der Waals surface area contributed by atoms with Crippen LogP contribution in [0.4, 0.5) is 10.1 Å². The quantitative estimate of drug-likeness (QED) is 0.611. The number of anilines is 1. The van der Waals surface area contributed by atoms with Crippen LogP contribution in [0.1, 0.15) is 29.8 Å². The summed E-state index contributed by atoms with van der Waals surface area (Å²) in [6.45, 7) is 6.99. The molecule has 1 fully saturated rings. The van der Waals surface area contributed by atoms with Gasteiger partial charge < -0.3 is 14.6 Å². The molecule has 2 heterocycles. The second-order valence-corrected chi connectivity index (χ2v) is 8.46. The molecule has 1 aliphatic heterocycles. The summed E-state index contributed by atoms with van der Waals surface area (Å²) in [5.74, 6) is -0.267. The average Bonchev–Trinajstić information content (AvgIpc) is 2.78. The highest BCUT2D eigenvalue weighted by Gasteiger charge is 2.32. The van der Waals surface area contributed by atoms with Crippen LogP contribution in [0.3, 0.4) is 0 Å². The minimum Gasteiger partial charge on any atom is -0.507 e. The normalized spacial score (nSPS) is 15.7. The molecule has 1 saturated heterocycles. The summed E-state index contributed by atoms with van der Waals surface area (Å²) < 4.78 is 15.0. The molecule has 1 unspecified atom stereocenters. The van der Waals surface area contributed by atoms with Crippen molar-refractivity contribution in [1.82, 2.24) is 9.47 Å². The smallest absolute Gasteiger partial charge is 0.259 e. The fourth-order valence-corrected chi connectivity index (χ4v) is 4.78. The van der Waals surface area contributed by atoms with Crippen LogP contribution in [0.2, 0.25) is 5.02 Å². The zero-order valence-electron chi connectivity index (χ0n) is 18.3. The Labute approximate surface area is 192 Å². The number of aromatic nitrogens is 1. The number of hydrogen-bond acceptors (Lipinski definition) is 4. The largest absolute Gasteiger partial charge is 0.507 e. The SMILES string of the molecule is CCn1c(C)cc(O)c(C(c2ccccc2Cl)N2CCN(c3ccc(F)cc3)CC2)c1=O. The van der Waals surface area contributed by atoms with E-state index in [1.165, 1.54) is 12.1 Å². The Bertz CT molecular complexity index is 1150. The lowest BCUT2D eigenvalue weighted by Gasteiger charge is -2.40. The summed E-state index contributed by atoms with van der Waals surface area (Å²) in [5.41, 5.74) is 2.63. The van der Waals surface area contributed by atoms with E-state index in [4.69, 9.17) is 11.6 Å². The Morgan fingerprint density at radius 3 is 2.34 bits per heavy atom. The zero-order chi connectivity index (χ0) is 22.8. The van der Waals surface area contributed by atoms with E-state index >= 15 is 0 Å². The number of nitrogens with zero attached hydrogens (tertiary/aromatic N) is 3. The fraction of sp³-hybridized carbons (Fsp3) is 0.320. The number of aromatic hydroxyl groups is 1. The van der Waals surface area contributed by atoms with Gasteiger partial charge in [0.05, 0.1) is 11.6 Å². The summed E-state index contributed by atoms with van der Waals surface area (Å²) in [6, 6.07) is 15.1. The van der Waals surface area contributed by atoms with Crippen molar-refractivity contribution < 1.29 is 9.50 Å². The lowest BCUT2D eigenvalue weighted by atomic mass is 9.95. The molecule has 2 aromatic carbocycles. The van der Waals surface area contributed by atoms with Crippen LogP contribution in [0, 0.1) is 12.7 Å². The average molecular weight is 456 g/mol. The summed E-state index contributed by atoms with van der Waals surface area (Å²) in [4.78, 5) is 17.8. The van der Waals surface area contributed by atoms with Crippen molar-refractivity contribution in [3.63, 3.8) is 0 Å². The van der Waals surface area contributed by atoms with E-state index in [1.54, 1.807) is 22.8 Å². The number of halogens is 2. The summed E-state index contributed by atoms with van der Waals surface area (Å²) in [5, 5.41) is 11.4. The van der Waals surface area contributed by atoms with Crippen molar-refractivity contribution in [2.24, 2.45) is 0 Å². The highest BCUT2D eigenvalue weighted by molar-refractivity contribution is 6.31. The summed E-state index contributed by atoms with van der Waals surface area (Å²) >= 11 is 6.57. The molecule has 3 aromatic rings. The Balaban J connectivity index is 1.72. The third-order valence-corrected chi connectivity index (χ3v) is 6.53. The first kappa shape index (κ1) is 22.4. The maximum Gasteiger partial charge on any atom is 0.259 e. The molecule has 32 heavy (non-hydrogen) atoms. The second-order valence-electron chi connectivity index (χ2n) is 8.06. The first-order valence-corrected chi connectivity index (χ1v) is 11.2. The van der Waals surface area contributed by atoms with Crippen molar-refractivity contribution >= 4 is 17.3 Å². The molecule has 1 aromatic heterocycles. The Kier molecular flexibility index (Phi) is 6.53. The lowest BCUT2D eigenvalue weighted by molar-refractivity contribution is 0.207. The number of benzene rings is 2. The van der Waals surface area contributed by atoms with Gasteiger partial charge in [-0.3, -0.25) is 9.69 Å². The molecule has 4 rings (SSSR count). The van der Waals surface area contributed by atoms with Gasteiger partial charge >= 0.3 is 0 Å². The van der Waals surface area contributed by atoms with E-state index in [0.29, 0.717) is 43.3 Å². The van der Waals surface area contributed by atoms with E-state index < -0.39 is 6.04 Å². The van der Waals surface area contributed by atoms with Crippen molar-refractivity contribution in [1.29, 1.82) is 0 Å². The van der Waals surface area contributed by atoms with Gasteiger partial charge in [0.15, 0.2) is 0 Å². The molecule has 5 nitrogen and oxygen atoms in total. The molecule has 0 spiro atoms. The zero-order valence-corrected chi connectivity index (χ0v) is 19.0. The molecule has 0 bridgehead atoms. The van der Waals surface area contributed by atoms with Crippen LogP contribution in [-0.4, -0.2) is 40.8 Å². The van der Waals surface area contributed by atoms with Gasteiger partial charge in [0.2, 0.25) is 0 Å². The van der Waals surface area contributed by atoms with E-state index in [-0.39, 0.29) is 17.1 Å². The van der Waals surface area contributed by atoms with Crippen LogP contribution in [-0.2, 0) is 6.54 Å². The summed E-state index contributed by atoms with van der Waals surface area (Å²) in [6.07, 6.45) is 0. The molecule has 1 aliphatic rings. The fourth-order valence-electron chi connectivity index (χ4n) is 4.54. The standard InChI is InChI=1S/C25H27ClFN3O2/c1-3-30-17(2)16-22(31)23(25(30)32)24(20-6-4-5-7-21(20)26)29-14-12-28(13-15-29)19-10-8-18(27)9-11-19/h4-11,16,24,31H,3,12-15H2,1-2H3. The van der Waals surface area contributed by atoms with Crippen molar-refractivity contribution in [2.75, 3.05) is 31.1 Å². The molecule has 0 radical (unpaired) electrons. The summed E-state index contributed by atoms with van der Waals surface area (Å²) in [7, 11) is 0. The molecule has 1 N–H and O–H groups in total. The molecule has 0 aliphatic carbocycles. The molecule has 0 amide bonds. The highest BCUT2D eigenvalue weighted by Crippen LogP contribution is 2.36. The predicted molar refractivity (Wildman–Crippen MR) is 126 cm³/mol. The van der Waals surface area contributed by atoms with Crippen LogP contribution in [0.15, 0.2) is 59.4 Å². The van der Waals surface area contributed by atoms with Crippen molar-refractivity contribution in [2.45, 2.75) is 26.4 Å². The molecule has 1 atom stereocenters. The number of pyridine rings is 1. The maximum absolute atomic E-state index is 13.4. The molecular formula is C25H27ClFN3O2. The number of piperazine rings is 1. The van der Waals surface area contributed by atoms with Crippen LogP contribution in [0.5, 0.6) is 5.75 Å². The molecule has 0 saturated carbocycles. The first-order valence-electron chi connectivity index (χ1n) is 10.8. The molecule has 168 valence electrons. The third kappa shape index (κ3) is 4.25. The Hall–Kier alpha value is -2.83. The van der Waals surface area contributed by atoms with E-state index in [2.05, 4.69) is 9.80 Å². The minimum absolute atomic E-state index is 0.0110. The Morgan fingerprint density at radius 2 is 1.72 bits per heavy atom. The van der Waals surface area contributed by atoms with Crippen LogP contribution >= 0.6 is 11.6 Å². The van der Waals surface area contributed by atoms with Crippen LogP contribution in [0.25, 0.3) is 0 Å². The maximum atomic E-state index is 13.4. The topological polar surface area (TPSA) is 48.7 Å². The number of rotatable bonds is 5. The van der Waals surface area contributed by atoms with Gasteiger partial charge in [-0.2, -0.15) is 0 Å². The van der Waals surface area contributed by atoms with Crippen molar-refractivity contribution in [3.8, 4) is 5.75 Å². The van der Waals surface area contributed by atoms with E-state index in [0.717, 1.165) is 16.9 Å². The van der Waals surface area contributed by atoms with Gasteiger partial charge in [-0.15, -0.1) is 0 Å². The van der Waals surface area contributed by atoms with E-state index in [1.807, 2.05) is 38.1 Å². The van der Waals surface area contributed by atoms with Gasteiger partial charge in [0.25, 0.3) is 5.56 Å². The minimum atomic E-state index is -0.468. The molecular weight excluding hydrogens is 429 g/mol. The van der Waals surface area contributed by atoms with E-state index in [9.17, 15) is 14.3 Å². The number of aryl methyl sites for hydroxylation is 1. The second kappa shape index (κ2) is 9.35. The monoisotopic (exact) mass is 455 g/mol. The van der Waals surface area contributed by atoms with Gasteiger partial charge in [-0.05, 0) is 55.8 Å². The first-order chi connectivity index (χ1) is 15.4. The van der Waals surface area contributed by atoms with Gasteiger partial charge in [0, 0.05) is 49.1 Å². The third-order valence-electron chi connectivity index (χ3n) is 6.18. The van der Waals surface area contributed by atoms with Gasteiger partial charge in [-0.1, -0.05) is 29.8 Å². The van der Waals surface area contributed by atoms with Crippen LogP contribution < -0.4 is 10.5 Å². The Morgan fingerprint density at radius 1 is 1.06 bits per heavy atom. The lowest BCUT2D eigenvalue weighted by Crippen LogP contribution is -2.49. The van der Waals surface area contributed by atoms with Crippen molar-refractivity contribution in [3.05, 3.63) is 92.6 Å². The van der Waals surface area contributed by atoms with Gasteiger partial charge in [-0.25, -0.2) is 4.39 Å². The highest BCUT2D eigenvalue weighted by atomic mass is 35.5. The number of hydrogen-bond donors (Lipinski definition) is 1. The predicted octanol–water partition coefficient (Wildman–Crippen LogP) is 4.59. The van der Waals surface area contributed by atoms with Gasteiger partial charge in [0.1, 0.15) is 11.6 Å². The molecule has 7 heteroatoms.